The van der Waals surface area contributed by atoms with Crippen LogP contribution in [0.25, 0.3) is 0 Å². The van der Waals surface area contributed by atoms with E-state index >= 15 is 0 Å². The molecule has 1 amide bonds. The molecule has 1 N–H and O–H groups in total. The van der Waals surface area contributed by atoms with Gasteiger partial charge in [-0.3, -0.25) is 4.79 Å². The Kier molecular flexibility index (Phi) is 3.89. The number of allylic oxidation sites excluding steroid dienone is 1. The highest BCUT2D eigenvalue weighted by molar-refractivity contribution is 5.97. The molecule has 0 aromatic carbocycles. The molecule has 6 nitrogen and oxygen atoms in total. The van der Waals surface area contributed by atoms with Gasteiger partial charge in [-0.25, -0.2) is 4.79 Å². The van der Waals surface area contributed by atoms with E-state index in [1.54, 1.807) is 26.0 Å². The molecule has 2 rings (SSSR count). The second-order valence-corrected chi connectivity index (χ2v) is 4.35. The standard InChI is InChI=1S/C14H14N2O4/c1-3-19-14(18)11-8(2)16-13(17)9(7-15)12(11)10-5-4-6-20-10/h4-6,9,12H,3H2,1-2H3,(H,16,17)/t9-,12+/m1/s1. The third-order valence-electron chi connectivity index (χ3n) is 3.13. The summed E-state index contributed by atoms with van der Waals surface area (Å²) < 4.78 is 10.3. The first-order valence-corrected chi connectivity index (χ1v) is 6.21. The van der Waals surface area contributed by atoms with Crippen molar-refractivity contribution in [3.05, 3.63) is 35.4 Å². The fourth-order valence-corrected chi connectivity index (χ4v) is 2.28. The summed E-state index contributed by atoms with van der Waals surface area (Å²) in [6.45, 7) is 3.51. The van der Waals surface area contributed by atoms with Crippen molar-refractivity contribution in [2.75, 3.05) is 6.61 Å². The van der Waals surface area contributed by atoms with E-state index in [0.29, 0.717) is 11.5 Å². The van der Waals surface area contributed by atoms with Gasteiger partial charge in [-0.15, -0.1) is 0 Å². The average Bonchev–Trinajstić information content (AvgIpc) is 2.91. The van der Waals surface area contributed by atoms with Crippen molar-refractivity contribution in [3.63, 3.8) is 0 Å². The van der Waals surface area contributed by atoms with Crippen molar-refractivity contribution in [2.45, 2.75) is 19.8 Å². The van der Waals surface area contributed by atoms with Gasteiger partial charge in [0, 0.05) is 5.70 Å². The quantitative estimate of drug-likeness (QED) is 0.842. The Balaban J connectivity index is 2.53. The number of hydrogen-bond acceptors (Lipinski definition) is 5. The van der Waals surface area contributed by atoms with Crippen molar-refractivity contribution in [1.29, 1.82) is 5.26 Å². The largest absolute Gasteiger partial charge is 0.469 e. The minimum absolute atomic E-state index is 0.214. The first kappa shape index (κ1) is 13.9. The maximum absolute atomic E-state index is 12.1. The summed E-state index contributed by atoms with van der Waals surface area (Å²) in [5.74, 6) is -2.37. The monoisotopic (exact) mass is 274 g/mol. The van der Waals surface area contributed by atoms with Crippen LogP contribution in [0.3, 0.4) is 0 Å². The maximum atomic E-state index is 12.1. The van der Waals surface area contributed by atoms with Crippen LogP contribution in [0, 0.1) is 17.2 Å². The third-order valence-corrected chi connectivity index (χ3v) is 3.13. The maximum Gasteiger partial charge on any atom is 0.336 e. The zero-order chi connectivity index (χ0) is 14.7. The summed E-state index contributed by atoms with van der Waals surface area (Å²) >= 11 is 0. The highest BCUT2D eigenvalue weighted by atomic mass is 16.5. The van der Waals surface area contributed by atoms with Crippen molar-refractivity contribution in [1.82, 2.24) is 5.32 Å². The number of nitriles is 1. The molecule has 1 aliphatic heterocycles. The van der Waals surface area contributed by atoms with Crippen LogP contribution in [0.5, 0.6) is 0 Å². The smallest absolute Gasteiger partial charge is 0.336 e. The van der Waals surface area contributed by atoms with Gasteiger partial charge < -0.3 is 14.5 Å². The van der Waals surface area contributed by atoms with Crippen molar-refractivity contribution in [2.24, 2.45) is 5.92 Å². The lowest BCUT2D eigenvalue weighted by Gasteiger charge is -2.28. The molecule has 0 fully saturated rings. The molecule has 2 heterocycles. The molecule has 1 aliphatic rings. The van der Waals surface area contributed by atoms with Gasteiger partial charge in [-0.05, 0) is 26.0 Å². The van der Waals surface area contributed by atoms with Crippen molar-refractivity contribution >= 4 is 11.9 Å². The molecule has 1 aromatic heterocycles. The second kappa shape index (κ2) is 5.61. The van der Waals surface area contributed by atoms with E-state index in [1.165, 1.54) is 6.26 Å². The predicted octanol–water partition coefficient (Wildman–Crippen LogP) is 1.47. The molecule has 0 spiro atoms. The number of nitrogens with one attached hydrogen (secondary N) is 1. The van der Waals surface area contributed by atoms with E-state index < -0.39 is 23.7 Å². The van der Waals surface area contributed by atoms with Crippen LogP contribution in [0.15, 0.2) is 34.1 Å². The minimum Gasteiger partial charge on any atom is -0.469 e. The van der Waals surface area contributed by atoms with E-state index in [-0.39, 0.29) is 12.2 Å². The zero-order valence-electron chi connectivity index (χ0n) is 11.2. The number of ether oxygens (including phenoxy) is 1. The number of rotatable bonds is 3. The summed E-state index contributed by atoms with van der Waals surface area (Å²) in [6.07, 6.45) is 1.44. The molecule has 2 atom stereocenters. The molecule has 0 unspecified atom stereocenters. The van der Waals surface area contributed by atoms with Gasteiger partial charge in [-0.1, -0.05) is 0 Å². The Hall–Kier alpha value is -2.55. The van der Waals surface area contributed by atoms with Crippen LogP contribution < -0.4 is 5.32 Å². The van der Waals surface area contributed by atoms with Crippen LogP contribution in [-0.4, -0.2) is 18.5 Å². The van der Waals surface area contributed by atoms with E-state index in [1.807, 2.05) is 6.07 Å². The molecule has 0 saturated carbocycles. The lowest BCUT2D eigenvalue weighted by molar-refractivity contribution is -0.139. The molecule has 6 heteroatoms. The summed E-state index contributed by atoms with van der Waals surface area (Å²) in [6, 6.07) is 5.21. The number of furan rings is 1. The van der Waals surface area contributed by atoms with Gasteiger partial charge >= 0.3 is 5.97 Å². The van der Waals surface area contributed by atoms with E-state index in [9.17, 15) is 14.9 Å². The van der Waals surface area contributed by atoms with E-state index in [4.69, 9.17) is 9.15 Å². The Labute approximate surface area is 116 Å². The SMILES string of the molecule is CCOC(=O)C1=C(C)NC(=O)[C@H](C#N)[C@H]1c1ccco1. The molecular weight excluding hydrogens is 260 g/mol. The van der Waals surface area contributed by atoms with Gasteiger partial charge in [0.2, 0.25) is 5.91 Å². The number of carbonyl (C=O) groups excluding carboxylic acids is 2. The van der Waals surface area contributed by atoms with Crippen LogP contribution in [-0.2, 0) is 14.3 Å². The Morgan fingerprint density at radius 1 is 1.60 bits per heavy atom. The number of esters is 1. The zero-order valence-corrected chi connectivity index (χ0v) is 11.2. The Morgan fingerprint density at radius 3 is 2.90 bits per heavy atom. The van der Waals surface area contributed by atoms with Gasteiger partial charge in [0.1, 0.15) is 11.7 Å². The molecule has 0 radical (unpaired) electrons. The average molecular weight is 274 g/mol. The first-order chi connectivity index (χ1) is 9.60. The molecule has 0 saturated heterocycles. The summed E-state index contributed by atoms with van der Waals surface area (Å²) in [5.41, 5.74) is 0.648. The fraction of sp³-hybridized carbons (Fsp3) is 0.357. The molecule has 0 aliphatic carbocycles. The minimum atomic E-state index is -1.02. The third kappa shape index (κ3) is 2.30. The first-order valence-electron chi connectivity index (χ1n) is 6.21. The molecule has 104 valence electrons. The molecule has 1 aromatic rings. The van der Waals surface area contributed by atoms with Gasteiger partial charge in [-0.2, -0.15) is 5.26 Å². The number of carbonyl (C=O) groups is 2. The lowest BCUT2D eigenvalue weighted by atomic mass is 9.80. The molecule has 0 bridgehead atoms. The Morgan fingerprint density at radius 2 is 2.35 bits per heavy atom. The van der Waals surface area contributed by atoms with Crippen molar-refractivity contribution < 1.29 is 18.7 Å². The van der Waals surface area contributed by atoms with Crippen LogP contribution in [0.4, 0.5) is 0 Å². The highest BCUT2D eigenvalue weighted by Crippen LogP contribution is 2.37. The molecular formula is C14H14N2O4. The van der Waals surface area contributed by atoms with E-state index in [0.717, 1.165) is 0 Å². The van der Waals surface area contributed by atoms with Crippen LogP contribution in [0.2, 0.25) is 0 Å². The normalized spacial score (nSPS) is 22.1. The van der Waals surface area contributed by atoms with E-state index in [2.05, 4.69) is 5.32 Å². The molecule has 20 heavy (non-hydrogen) atoms. The second-order valence-electron chi connectivity index (χ2n) is 4.35. The summed E-state index contributed by atoms with van der Waals surface area (Å²) in [7, 11) is 0. The highest BCUT2D eigenvalue weighted by Gasteiger charge is 2.42. The number of amides is 1. The van der Waals surface area contributed by atoms with Crippen LogP contribution >= 0.6 is 0 Å². The van der Waals surface area contributed by atoms with Gasteiger partial charge in [0.25, 0.3) is 0 Å². The lowest BCUT2D eigenvalue weighted by Crippen LogP contribution is -2.41. The fourth-order valence-electron chi connectivity index (χ4n) is 2.28. The van der Waals surface area contributed by atoms with Crippen LogP contribution in [0.1, 0.15) is 25.5 Å². The Bertz CT molecular complexity index is 595. The van der Waals surface area contributed by atoms with Crippen molar-refractivity contribution in [3.8, 4) is 6.07 Å². The predicted molar refractivity (Wildman–Crippen MR) is 68.0 cm³/mol. The van der Waals surface area contributed by atoms with Gasteiger partial charge in [0.05, 0.1) is 30.4 Å². The number of hydrogen-bond donors (Lipinski definition) is 1. The van der Waals surface area contributed by atoms with Gasteiger partial charge in [0.15, 0.2) is 0 Å². The number of nitrogens with zero attached hydrogens (tertiary/aromatic N) is 1. The summed E-state index contributed by atoms with van der Waals surface area (Å²) in [5, 5.41) is 11.8. The topological polar surface area (TPSA) is 92.3 Å². The summed E-state index contributed by atoms with van der Waals surface area (Å²) in [4.78, 5) is 24.0.